The van der Waals surface area contributed by atoms with Gasteiger partial charge in [-0.05, 0) is 48.4 Å². The van der Waals surface area contributed by atoms with Crippen LogP contribution < -0.4 is 14.8 Å². The molecule has 1 amide bonds. The number of hydrogen-bond acceptors (Lipinski definition) is 7. The number of amides is 1. The molecule has 3 aromatic rings. The van der Waals surface area contributed by atoms with Gasteiger partial charge in [-0.1, -0.05) is 29.4 Å². The van der Waals surface area contributed by atoms with Crippen LogP contribution in [-0.2, 0) is 11.2 Å². The lowest BCUT2D eigenvalue weighted by atomic mass is 10.1. The number of carbonyl (C=O) groups is 1. The Morgan fingerprint density at radius 2 is 1.86 bits per heavy atom. The van der Waals surface area contributed by atoms with Crippen molar-refractivity contribution in [1.82, 2.24) is 15.5 Å². The Balaban J connectivity index is 1.22. The smallest absolute Gasteiger partial charge is 0.277 e. The van der Waals surface area contributed by atoms with Crippen molar-refractivity contribution in [2.24, 2.45) is 0 Å². The van der Waals surface area contributed by atoms with E-state index in [1.54, 1.807) is 24.3 Å². The van der Waals surface area contributed by atoms with Crippen LogP contribution in [0.4, 0.5) is 0 Å². The topological polar surface area (TPSA) is 86.5 Å². The molecule has 7 nitrogen and oxygen atoms in total. The Morgan fingerprint density at radius 3 is 2.69 bits per heavy atom. The number of ether oxygens (including phenoxy) is 2. The third-order valence-electron chi connectivity index (χ3n) is 4.17. The second kappa shape index (κ2) is 9.19. The molecule has 2 heterocycles. The van der Waals surface area contributed by atoms with E-state index in [2.05, 4.69) is 15.5 Å². The summed E-state index contributed by atoms with van der Waals surface area (Å²) >= 11 is 7.07. The highest BCUT2D eigenvalue weighted by Gasteiger charge is 2.13. The van der Waals surface area contributed by atoms with Gasteiger partial charge in [-0.15, -0.1) is 10.2 Å². The lowest BCUT2D eigenvalue weighted by Crippen LogP contribution is -2.27. The van der Waals surface area contributed by atoms with Gasteiger partial charge in [-0.2, -0.15) is 0 Å². The van der Waals surface area contributed by atoms with Crippen LogP contribution in [0.3, 0.4) is 0 Å². The summed E-state index contributed by atoms with van der Waals surface area (Å²) in [6.45, 7) is 1.65. The first-order valence-electron chi connectivity index (χ1n) is 9.05. The molecule has 0 fully saturated rings. The maximum Gasteiger partial charge on any atom is 0.277 e. The van der Waals surface area contributed by atoms with E-state index in [-0.39, 0.29) is 11.7 Å². The quantitative estimate of drug-likeness (QED) is 0.572. The summed E-state index contributed by atoms with van der Waals surface area (Å²) < 4.78 is 16.7. The van der Waals surface area contributed by atoms with Gasteiger partial charge in [0.2, 0.25) is 11.8 Å². The molecule has 0 radical (unpaired) electrons. The molecule has 9 heteroatoms. The van der Waals surface area contributed by atoms with Crippen LogP contribution in [0.15, 0.2) is 52.1 Å². The number of nitrogens with zero attached hydrogens (tertiary/aromatic N) is 2. The van der Waals surface area contributed by atoms with Gasteiger partial charge in [0.1, 0.15) is 13.2 Å². The third kappa shape index (κ3) is 5.21. The van der Waals surface area contributed by atoms with Gasteiger partial charge in [0.25, 0.3) is 5.22 Å². The number of aromatic nitrogens is 2. The van der Waals surface area contributed by atoms with Crippen molar-refractivity contribution in [2.45, 2.75) is 11.6 Å². The van der Waals surface area contributed by atoms with Crippen LogP contribution in [0, 0.1) is 0 Å². The zero-order chi connectivity index (χ0) is 20.1. The minimum Gasteiger partial charge on any atom is -0.486 e. The summed E-state index contributed by atoms with van der Waals surface area (Å²) in [5.41, 5.74) is 1.85. The third-order valence-corrected chi connectivity index (χ3v) is 5.24. The van der Waals surface area contributed by atoms with Gasteiger partial charge >= 0.3 is 0 Å². The highest BCUT2D eigenvalue weighted by molar-refractivity contribution is 7.99. The van der Waals surface area contributed by atoms with Crippen molar-refractivity contribution >= 4 is 29.3 Å². The van der Waals surface area contributed by atoms with E-state index in [0.29, 0.717) is 42.3 Å². The van der Waals surface area contributed by atoms with E-state index >= 15 is 0 Å². The first-order chi connectivity index (χ1) is 14.2. The van der Waals surface area contributed by atoms with Crippen molar-refractivity contribution in [2.75, 3.05) is 25.5 Å². The molecule has 0 saturated carbocycles. The van der Waals surface area contributed by atoms with Gasteiger partial charge in [0.05, 0.1) is 5.75 Å². The molecule has 0 atom stereocenters. The highest BCUT2D eigenvalue weighted by atomic mass is 35.5. The Hall–Kier alpha value is -2.71. The van der Waals surface area contributed by atoms with Crippen molar-refractivity contribution in [3.8, 4) is 23.0 Å². The fourth-order valence-electron chi connectivity index (χ4n) is 2.75. The number of fused-ring (bicyclic) bond motifs is 1. The number of carbonyl (C=O) groups excluding carboxylic acids is 1. The fourth-order valence-corrected chi connectivity index (χ4v) is 3.46. The van der Waals surface area contributed by atoms with E-state index in [4.69, 9.17) is 25.5 Å². The molecule has 1 aliphatic rings. The molecule has 0 spiro atoms. The number of halogens is 1. The average Bonchev–Trinajstić information content (AvgIpc) is 3.22. The number of benzene rings is 2. The Labute approximate surface area is 176 Å². The lowest BCUT2D eigenvalue weighted by Gasteiger charge is -2.18. The summed E-state index contributed by atoms with van der Waals surface area (Å²) in [5.74, 6) is 2.01. The number of nitrogens with one attached hydrogen (secondary N) is 1. The maximum absolute atomic E-state index is 12.1. The Kier molecular flexibility index (Phi) is 6.21. The van der Waals surface area contributed by atoms with E-state index in [1.165, 1.54) is 11.8 Å². The second-order valence-electron chi connectivity index (χ2n) is 6.25. The van der Waals surface area contributed by atoms with E-state index in [0.717, 1.165) is 22.6 Å². The molecular weight excluding hydrogens is 414 g/mol. The number of hydrogen-bond donors (Lipinski definition) is 1. The Bertz CT molecular complexity index is 994. The standard InChI is InChI=1S/C20H18ClN3O4S/c21-15-4-2-14(3-5-15)19-23-24-20(28-19)29-12-18(25)22-8-7-13-1-6-16-17(11-13)27-10-9-26-16/h1-6,11H,7-10,12H2,(H,22,25). The molecule has 4 rings (SSSR count). The molecule has 0 unspecified atom stereocenters. The summed E-state index contributed by atoms with van der Waals surface area (Å²) in [7, 11) is 0. The summed E-state index contributed by atoms with van der Waals surface area (Å²) in [6, 6.07) is 12.9. The number of thioether (sulfide) groups is 1. The largest absolute Gasteiger partial charge is 0.486 e. The zero-order valence-electron chi connectivity index (χ0n) is 15.4. The molecule has 1 aromatic heterocycles. The predicted molar refractivity (Wildman–Crippen MR) is 110 cm³/mol. The van der Waals surface area contributed by atoms with Gasteiger partial charge in [0.15, 0.2) is 11.5 Å². The average molecular weight is 432 g/mol. The van der Waals surface area contributed by atoms with Crippen LogP contribution >= 0.6 is 23.4 Å². The van der Waals surface area contributed by atoms with Gasteiger partial charge in [-0.3, -0.25) is 4.79 Å². The lowest BCUT2D eigenvalue weighted by molar-refractivity contribution is -0.118. The molecular formula is C20H18ClN3O4S. The van der Waals surface area contributed by atoms with E-state index in [9.17, 15) is 4.79 Å². The van der Waals surface area contributed by atoms with Gasteiger partial charge in [-0.25, -0.2) is 0 Å². The van der Waals surface area contributed by atoms with Crippen LogP contribution in [0.5, 0.6) is 11.5 Å². The monoisotopic (exact) mass is 431 g/mol. The zero-order valence-corrected chi connectivity index (χ0v) is 17.0. The van der Waals surface area contributed by atoms with Crippen LogP contribution in [0.2, 0.25) is 5.02 Å². The van der Waals surface area contributed by atoms with Crippen molar-refractivity contribution in [1.29, 1.82) is 0 Å². The van der Waals surface area contributed by atoms with Crippen molar-refractivity contribution in [3.63, 3.8) is 0 Å². The molecule has 150 valence electrons. The van der Waals surface area contributed by atoms with Crippen LogP contribution in [0.1, 0.15) is 5.56 Å². The molecule has 29 heavy (non-hydrogen) atoms. The van der Waals surface area contributed by atoms with Crippen LogP contribution in [-0.4, -0.2) is 41.6 Å². The SMILES string of the molecule is O=C(CSc1nnc(-c2ccc(Cl)cc2)o1)NCCc1ccc2c(c1)OCCO2. The van der Waals surface area contributed by atoms with Crippen molar-refractivity contribution in [3.05, 3.63) is 53.1 Å². The van der Waals surface area contributed by atoms with Crippen LogP contribution in [0.25, 0.3) is 11.5 Å². The molecule has 2 aromatic carbocycles. The van der Waals surface area contributed by atoms with E-state index < -0.39 is 0 Å². The highest BCUT2D eigenvalue weighted by Crippen LogP contribution is 2.30. The molecule has 0 saturated heterocycles. The van der Waals surface area contributed by atoms with Gasteiger partial charge in [0, 0.05) is 17.1 Å². The molecule has 1 N–H and O–H groups in total. The minimum absolute atomic E-state index is 0.0983. The summed E-state index contributed by atoms with van der Waals surface area (Å²) in [6.07, 6.45) is 0.703. The van der Waals surface area contributed by atoms with Crippen molar-refractivity contribution < 1.29 is 18.7 Å². The first kappa shape index (κ1) is 19.6. The summed E-state index contributed by atoms with van der Waals surface area (Å²) in [5, 5.41) is 11.8. The first-order valence-corrected chi connectivity index (χ1v) is 10.4. The molecule has 1 aliphatic heterocycles. The van der Waals surface area contributed by atoms with Gasteiger partial charge < -0.3 is 19.2 Å². The summed E-state index contributed by atoms with van der Waals surface area (Å²) in [4.78, 5) is 12.1. The second-order valence-corrected chi connectivity index (χ2v) is 7.61. The maximum atomic E-state index is 12.1. The normalized spacial score (nSPS) is 12.6. The molecule has 0 bridgehead atoms. The van der Waals surface area contributed by atoms with E-state index in [1.807, 2.05) is 18.2 Å². The Morgan fingerprint density at radius 1 is 1.07 bits per heavy atom. The fraction of sp³-hybridized carbons (Fsp3) is 0.250. The number of rotatable bonds is 7. The molecule has 0 aliphatic carbocycles. The predicted octanol–water partition coefficient (Wildman–Crippen LogP) is 3.61. The minimum atomic E-state index is -0.0983.